The number of hydrogen-bond donors (Lipinski definition) is 2. The molecule has 0 fully saturated rings. The molecule has 0 aromatic heterocycles. The summed E-state index contributed by atoms with van der Waals surface area (Å²) in [5.74, 6) is -0.0632. The zero-order chi connectivity index (χ0) is 26.1. The summed E-state index contributed by atoms with van der Waals surface area (Å²) in [6, 6.07) is 22.6. The maximum absolute atomic E-state index is 13.0. The Morgan fingerprint density at radius 3 is 2.28 bits per heavy atom. The number of likely N-dealkylation sites (N-methyl/N-ethyl adjacent to an activating group) is 1. The molecule has 0 aliphatic rings. The van der Waals surface area contributed by atoms with Crippen molar-refractivity contribution in [3.63, 3.8) is 0 Å². The molecule has 3 aromatic carbocycles. The number of methoxy groups -OCH3 is 1. The molecule has 3 amide bonds. The van der Waals surface area contributed by atoms with Crippen LogP contribution < -0.4 is 15.4 Å². The second-order valence-corrected chi connectivity index (χ2v) is 8.41. The van der Waals surface area contributed by atoms with Gasteiger partial charge in [0.2, 0.25) is 11.8 Å². The van der Waals surface area contributed by atoms with E-state index in [2.05, 4.69) is 10.6 Å². The number of nitrogens with zero attached hydrogens (tertiary/aromatic N) is 1. The second-order valence-electron chi connectivity index (χ2n) is 8.41. The molecule has 3 rings (SSSR count). The first-order chi connectivity index (χ1) is 17.3. The Labute approximate surface area is 211 Å². The first-order valence-electron chi connectivity index (χ1n) is 11.6. The van der Waals surface area contributed by atoms with Crippen molar-refractivity contribution in [1.82, 2.24) is 10.2 Å². The molecule has 186 valence electrons. The van der Waals surface area contributed by atoms with E-state index >= 15 is 0 Å². The third-order valence-corrected chi connectivity index (χ3v) is 5.86. The Hall–Kier alpha value is -4.39. The molecular formula is C29H31N3O4. The van der Waals surface area contributed by atoms with Gasteiger partial charge >= 0.3 is 0 Å². The van der Waals surface area contributed by atoms with Gasteiger partial charge in [0.1, 0.15) is 11.8 Å². The second kappa shape index (κ2) is 12.4. The highest BCUT2D eigenvalue weighted by molar-refractivity contribution is 6.04. The molecule has 7 nitrogen and oxygen atoms in total. The van der Waals surface area contributed by atoms with Crippen molar-refractivity contribution in [3.8, 4) is 5.75 Å². The minimum absolute atomic E-state index is 0.205. The molecule has 2 N–H and O–H groups in total. The highest BCUT2D eigenvalue weighted by Gasteiger charge is 2.23. The van der Waals surface area contributed by atoms with Crippen molar-refractivity contribution < 1.29 is 19.1 Å². The van der Waals surface area contributed by atoms with Crippen LogP contribution in [0.1, 0.15) is 41.4 Å². The topological polar surface area (TPSA) is 87.7 Å². The Bertz CT molecular complexity index is 1220. The van der Waals surface area contributed by atoms with Crippen LogP contribution in [0.5, 0.6) is 5.75 Å². The van der Waals surface area contributed by atoms with Gasteiger partial charge in [-0.1, -0.05) is 42.5 Å². The summed E-state index contributed by atoms with van der Waals surface area (Å²) in [4.78, 5) is 39.4. The highest BCUT2D eigenvalue weighted by Crippen LogP contribution is 2.23. The first kappa shape index (κ1) is 26.2. The molecule has 0 radical (unpaired) electrons. The van der Waals surface area contributed by atoms with Crippen LogP contribution in [0.15, 0.2) is 84.9 Å². The van der Waals surface area contributed by atoms with Crippen LogP contribution in [0.3, 0.4) is 0 Å². The van der Waals surface area contributed by atoms with Gasteiger partial charge in [0.05, 0.1) is 13.2 Å². The number of carbonyl (C=O) groups excluding carboxylic acids is 3. The van der Waals surface area contributed by atoms with Gasteiger partial charge in [0.25, 0.3) is 5.91 Å². The Morgan fingerprint density at radius 1 is 0.917 bits per heavy atom. The average Bonchev–Trinajstić information content (AvgIpc) is 2.91. The molecule has 3 aromatic rings. The van der Waals surface area contributed by atoms with Gasteiger partial charge in [-0.25, -0.2) is 0 Å². The number of ether oxygens (including phenoxy) is 1. The molecule has 0 aliphatic heterocycles. The van der Waals surface area contributed by atoms with Gasteiger partial charge in [-0.05, 0) is 67.4 Å². The molecule has 0 saturated carbocycles. The lowest BCUT2D eigenvalue weighted by Crippen LogP contribution is -2.45. The van der Waals surface area contributed by atoms with E-state index < -0.39 is 6.04 Å². The summed E-state index contributed by atoms with van der Waals surface area (Å²) in [6.07, 6.45) is 3.07. The van der Waals surface area contributed by atoms with Crippen LogP contribution in [0.2, 0.25) is 0 Å². The van der Waals surface area contributed by atoms with E-state index in [1.54, 1.807) is 50.3 Å². The lowest BCUT2D eigenvalue weighted by molar-refractivity contribution is -0.135. The van der Waals surface area contributed by atoms with Crippen molar-refractivity contribution in [2.45, 2.75) is 25.9 Å². The molecule has 0 bridgehead atoms. The van der Waals surface area contributed by atoms with Crippen molar-refractivity contribution >= 4 is 29.5 Å². The maximum atomic E-state index is 13.0. The fraction of sp³-hybridized carbons (Fsp3) is 0.207. The van der Waals surface area contributed by atoms with E-state index in [4.69, 9.17) is 4.74 Å². The van der Waals surface area contributed by atoms with E-state index in [1.165, 1.54) is 6.08 Å². The molecular weight excluding hydrogens is 454 g/mol. The average molecular weight is 486 g/mol. The molecule has 36 heavy (non-hydrogen) atoms. The van der Waals surface area contributed by atoms with Crippen LogP contribution in [-0.2, 0) is 9.59 Å². The van der Waals surface area contributed by atoms with Gasteiger partial charge in [-0.2, -0.15) is 0 Å². The standard InChI is InChI=1S/C29H31N3O4/c1-20(30-27(33)18-15-22-13-16-26(36-4)17-14-22)29(35)32(3)21(2)24-11-8-12-25(19-24)31-28(34)23-9-6-5-7-10-23/h5-21H,1-4H3,(H,30,33)(H,31,34)/b18-15+. The van der Waals surface area contributed by atoms with Crippen LogP contribution in [0, 0.1) is 0 Å². The third-order valence-electron chi connectivity index (χ3n) is 5.86. The summed E-state index contributed by atoms with van der Waals surface area (Å²) >= 11 is 0. The van der Waals surface area contributed by atoms with Crippen LogP contribution >= 0.6 is 0 Å². The van der Waals surface area contributed by atoms with Crippen molar-refractivity contribution in [1.29, 1.82) is 0 Å². The Balaban J connectivity index is 1.58. The predicted molar refractivity (Wildman–Crippen MR) is 142 cm³/mol. The number of benzene rings is 3. The Kier molecular flexibility index (Phi) is 9.00. The van der Waals surface area contributed by atoms with Gasteiger partial charge in [-0.15, -0.1) is 0 Å². The maximum Gasteiger partial charge on any atom is 0.255 e. The smallest absolute Gasteiger partial charge is 0.255 e. The molecule has 0 spiro atoms. The van der Waals surface area contributed by atoms with Crippen molar-refractivity contribution in [2.75, 3.05) is 19.5 Å². The largest absolute Gasteiger partial charge is 0.497 e. The fourth-order valence-corrected chi connectivity index (χ4v) is 3.60. The summed E-state index contributed by atoms with van der Waals surface area (Å²) in [7, 11) is 3.28. The number of nitrogens with one attached hydrogen (secondary N) is 2. The molecule has 0 saturated heterocycles. The first-order valence-corrected chi connectivity index (χ1v) is 11.6. The zero-order valence-electron chi connectivity index (χ0n) is 20.9. The Morgan fingerprint density at radius 2 is 1.61 bits per heavy atom. The summed E-state index contributed by atoms with van der Waals surface area (Å²) in [5, 5.41) is 5.61. The quantitative estimate of drug-likeness (QED) is 0.431. The van der Waals surface area contributed by atoms with Gasteiger partial charge in [0.15, 0.2) is 0 Å². The molecule has 2 unspecified atom stereocenters. The van der Waals surface area contributed by atoms with E-state index in [9.17, 15) is 14.4 Å². The van der Waals surface area contributed by atoms with Crippen molar-refractivity contribution in [3.05, 3.63) is 102 Å². The lowest BCUT2D eigenvalue weighted by Gasteiger charge is -2.28. The van der Waals surface area contributed by atoms with E-state index in [0.29, 0.717) is 11.3 Å². The third kappa shape index (κ3) is 7.06. The molecule has 0 heterocycles. The molecule has 0 aliphatic carbocycles. The van der Waals surface area contributed by atoms with Crippen LogP contribution in [-0.4, -0.2) is 42.8 Å². The van der Waals surface area contributed by atoms with Gasteiger partial charge in [0, 0.05) is 24.4 Å². The van der Waals surface area contributed by atoms with E-state index in [1.807, 2.05) is 67.6 Å². The number of hydrogen-bond acceptors (Lipinski definition) is 4. The van der Waals surface area contributed by atoms with E-state index in [0.717, 1.165) is 16.9 Å². The lowest BCUT2D eigenvalue weighted by atomic mass is 10.1. The number of amides is 3. The zero-order valence-corrected chi connectivity index (χ0v) is 20.9. The number of rotatable bonds is 9. The predicted octanol–water partition coefficient (Wildman–Crippen LogP) is 4.69. The number of anilines is 1. The van der Waals surface area contributed by atoms with Gasteiger partial charge in [-0.3, -0.25) is 14.4 Å². The molecule has 7 heteroatoms. The summed E-state index contributed by atoms with van der Waals surface area (Å²) < 4.78 is 5.13. The SMILES string of the molecule is COc1ccc(/C=C/C(=O)NC(C)C(=O)N(C)C(C)c2cccc(NC(=O)c3ccccc3)c2)cc1. The fourth-order valence-electron chi connectivity index (χ4n) is 3.60. The van der Waals surface area contributed by atoms with E-state index in [-0.39, 0.29) is 23.8 Å². The summed E-state index contributed by atoms with van der Waals surface area (Å²) in [6.45, 7) is 3.55. The van der Waals surface area contributed by atoms with Crippen molar-refractivity contribution in [2.24, 2.45) is 0 Å². The molecule has 2 atom stereocenters. The number of carbonyl (C=O) groups is 3. The summed E-state index contributed by atoms with van der Waals surface area (Å²) in [5.41, 5.74) is 2.90. The van der Waals surface area contributed by atoms with Gasteiger partial charge < -0.3 is 20.3 Å². The van der Waals surface area contributed by atoms with Crippen LogP contribution in [0.4, 0.5) is 5.69 Å². The highest BCUT2D eigenvalue weighted by atomic mass is 16.5. The van der Waals surface area contributed by atoms with Crippen LogP contribution in [0.25, 0.3) is 6.08 Å². The monoisotopic (exact) mass is 485 g/mol. The minimum Gasteiger partial charge on any atom is -0.497 e. The minimum atomic E-state index is -0.716. The normalized spacial score (nSPS) is 12.4.